The van der Waals surface area contributed by atoms with Crippen LogP contribution in [0.5, 0.6) is 0 Å². The van der Waals surface area contributed by atoms with Crippen molar-refractivity contribution in [1.29, 1.82) is 0 Å². The summed E-state index contributed by atoms with van der Waals surface area (Å²) in [6, 6.07) is 9.14. The Kier molecular flexibility index (Phi) is 5.95. The van der Waals surface area contributed by atoms with Crippen molar-refractivity contribution in [1.82, 2.24) is 20.4 Å². The molecule has 0 bridgehead atoms. The number of fused-ring (bicyclic) bond motifs is 1. The molecule has 11 heteroatoms. The number of aryl methyl sites for hydroxylation is 2. The average molecular weight is 433 g/mol. The smallest absolute Gasteiger partial charge is 0.271 e. The highest BCUT2D eigenvalue weighted by Gasteiger charge is 2.13. The van der Waals surface area contributed by atoms with Crippen LogP contribution in [0, 0.1) is 17.0 Å². The fraction of sp³-hybridized carbons (Fsp3) is 0.167. The second kappa shape index (κ2) is 8.41. The van der Waals surface area contributed by atoms with E-state index in [1.807, 2.05) is 19.9 Å². The first-order valence-electron chi connectivity index (χ1n) is 8.58. The lowest BCUT2D eigenvalue weighted by molar-refractivity contribution is -0.384. The van der Waals surface area contributed by atoms with Crippen molar-refractivity contribution in [3.63, 3.8) is 0 Å². The molecule has 0 saturated carbocycles. The van der Waals surface area contributed by atoms with Crippen LogP contribution in [-0.4, -0.2) is 25.5 Å². The number of hydrazine groups is 1. The number of hydrogen-bond donors (Lipinski definition) is 3. The van der Waals surface area contributed by atoms with Gasteiger partial charge in [-0.15, -0.1) is 0 Å². The normalized spacial score (nSPS) is 10.6. The van der Waals surface area contributed by atoms with E-state index in [-0.39, 0.29) is 21.5 Å². The van der Waals surface area contributed by atoms with Gasteiger partial charge in [0.05, 0.1) is 26.7 Å². The Balaban J connectivity index is 1.66. The molecule has 0 unspecified atom stereocenters. The Morgan fingerprint density at radius 1 is 1.28 bits per heavy atom. The van der Waals surface area contributed by atoms with E-state index in [0.717, 1.165) is 23.4 Å². The lowest BCUT2D eigenvalue weighted by Gasteiger charge is -2.12. The molecule has 29 heavy (non-hydrogen) atoms. The Morgan fingerprint density at radius 3 is 2.72 bits per heavy atom. The maximum Gasteiger partial charge on any atom is 0.271 e. The Bertz CT molecular complexity index is 1130. The second-order valence-electron chi connectivity index (χ2n) is 6.06. The van der Waals surface area contributed by atoms with Crippen LogP contribution in [0.15, 0.2) is 36.4 Å². The first kappa shape index (κ1) is 20.5. The van der Waals surface area contributed by atoms with Crippen LogP contribution in [0.2, 0.25) is 5.02 Å². The van der Waals surface area contributed by atoms with Crippen LogP contribution in [0.25, 0.3) is 11.0 Å². The van der Waals surface area contributed by atoms with Gasteiger partial charge in [-0.3, -0.25) is 25.8 Å². The van der Waals surface area contributed by atoms with Gasteiger partial charge in [-0.05, 0) is 50.3 Å². The molecule has 0 aliphatic heterocycles. The molecule has 1 heterocycles. The minimum absolute atomic E-state index is 0.0212. The van der Waals surface area contributed by atoms with Crippen LogP contribution >= 0.6 is 23.8 Å². The van der Waals surface area contributed by atoms with Gasteiger partial charge < -0.3 is 9.88 Å². The molecule has 1 amide bonds. The third-order valence-electron chi connectivity index (χ3n) is 4.22. The zero-order valence-corrected chi connectivity index (χ0v) is 17.1. The van der Waals surface area contributed by atoms with Crippen molar-refractivity contribution in [2.75, 3.05) is 5.32 Å². The number of aromatic nitrogens is 2. The van der Waals surface area contributed by atoms with Gasteiger partial charge in [0.1, 0.15) is 5.82 Å². The molecule has 1 aromatic heterocycles. The van der Waals surface area contributed by atoms with Gasteiger partial charge in [0.25, 0.3) is 11.6 Å². The largest absolute Gasteiger partial charge is 0.330 e. The molecule has 0 aliphatic rings. The van der Waals surface area contributed by atoms with Crippen molar-refractivity contribution in [3.05, 3.63) is 62.9 Å². The number of thiocarbonyl (C=S) groups is 1. The number of carbonyl (C=O) groups excluding carboxylic acids is 1. The van der Waals surface area contributed by atoms with Crippen molar-refractivity contribution >= 4 is 57.2 Å². The number of non-ortho nitro benzene ring substituents is 1. The summed E-state index contributed by atoms with van der Waals surface area (Å²) in [5.74, 6) is 0.460. The summed E-state index contributed by atoms with van der Waals surface area (Å²) >= 11 is 11.1. The highest BCUT2D eigenvalue weighted by atomic mass is 35.5. The number of rotatable bonds is 4. The Labute approximate surface area is 176 Å². The van der Waals surface area contributed by atoms with Gasteiger partial charge >= 0.3 is 0 Å². The van der Waals surface area contributed by atoms with Gasteiger partial charge in [-0.2, -0.15) is 0 Å². The van der Waals surface area contributed by atoms with Gasteiger partial charge in [-0.25, -0.2) is 4.98 Å². The van der Waals surface area contributed by atoms with Gasteiger partial charge in [0, 0.05) is 24.2 Å². The number of amides is 1. The summed E-state index contributed by atoms with van der Waals surface area (Å²) in [5.41, 5.74) is 7.20. The van der Waals surface area contributed by atoms with E-state index in [0.29, 0.717) is 5.56 Å². The van der Waals surface area contributed by atoms with Crippen LogP contribution < -0.4 is 16.2 Å². The lowest BCUT2D eigenvalue weighted by Crippen LogP contribution is -2.43. The summed E-state index contributed by atoms with van der Waals surface area (Å²) in [6.45, 7) is 4.73. The highest BCUT2D eigenvalue weighted by molar-refractivity contribution is 7.80. The molecular formula is C18H17ClN6O3S. The first-order chi connectivity index (χ1) is 13.8. The maximum atomic E-state index is 12.4. The Morgan fingerprint density at radius 2 is 2.03 bits per heavy atom. The van der Waals surface area contributed by atoms with E-state index in [9.17, 15) is 14.9 Å². The van der Waals surface area contributed by atoms with Crippen LogP contribution in [0.1, 0.15) is 23.1 Å². The molecule has 0 spiro atoms. The topological polar surface area (TPSA) is 114 Å². The molecule has 0 atom stereocenters. The average Bonchev–Trinajstić information content (AvgIpc) is 3.01. The molecular weight excluding hydrogens is 416 g/mol. The lowest BCUT2D eigenvalue weighted by atomic mass is 10.2. The Hall–Kier alpha value is -3.24. The number of nitro groups is 1. The van der Waals surface area contributed by atoms with Gasteiger partial charge in [-0.1, -0.05) is 11.6 Å². The molecule has 0 fully saturated rings. The molecule has 3 rings (SSSR count). The van der Waals surface area contributed by atoms with E-state index < -0.39 is 10.8 Å². The predicted molar refractivity (Wildman–Crippen MR) is 115 cm³/mol. The minimum Gasteiger partial charge on any atom is -0.330 e. The van der Waals surface area contributed by atoms with Gasteiger partial charge in [0.15, 0.2) is 5.11 Å². The van der Waals surface area contributed by atoms with Crippen LogP contribution in [-0.2, 0) is 6.54 Å². The number of nitrogens with zero attached hydrogens (tertiary/aromatic N) is 3. The number of benzene rings is 2. The number of imidazole rings is 1. The number of nitro benzene ring substituents is 1. The third-order valence-corrected chi connectivity index (χ3v) is 4.75. The molecule has 0 saturated heterocycles. The molecule has 3 aromatic rings. The standard InChI is InChI=1S/C18H17ClN6O3S/c1-3-24-10(2)20-15-8-11(4-7-16(15)24)17(26)22-23-18(29)21-14-9-12(25(27)28)5-6-13(14)19/h4-9H,3H2,1-2H3,(H,22,26)(H2,21,23,29). The predicted octanol–water partition coefficient (Wildman–Crippen LogP) is 3.56. The number of carbonyl (C=O) groups is 1. The monoisotopic (exact) mass is 432 g/mol. The van der Waals surface area contributed by atoms with Crippen LogP contribution in [0.4, 0.5) is 11.4 Å². The van der Waals surface area contributed by atoms with Crippen molar-refractivity contribution in [3.8, 4) is 0 Å². The minimum atomic E-state index is -0.544. The quantitative estimate of drug-likeness (QED) is 0.328. The first-order valence-corrected chi connectivity index (χ1v) is 9.37. The third kappa shape index (κ3) is 4.44. The number of anilines is 1. The molecule has 2 aromatic carbocycles. The highest BCUT2D eigenvalue weighted by Crippen LogP contribution is 2.26. The summed E-state index contributed by atoms with van der Waals surface area (Å²) in [6.07, 6.45) is 0. The SMILES string of the molecule is CCn1c(C)nc2cc(C(=O)NNC(=S)Nc3cc([N+](=O)[O-])ccc3Cl)ccc21. The molecule has 0 radical (unpaired) electrons. The van der Waals surface area contributed by atoms with E-state index >= 15 is 0 Å². The van der Waals surface area contributed by atoms with Gasteiger partial charge in [0.2, 0.25) is 0 Å². The van der Waals surface area contributed by atoms with E-state index in [1.165, 1.54) is 18.2 Å². The van der Waals surface area contributed by atoms with E-state index in [2.05, 4.69) is 25.7 Å². The van der Waals surface area contributed by atoms with E-state index in [1.54, 1.807) is 12.1 Å². The fourth-order valence-electron chi connectivity index (χ4n) is 2.85. The molecule has 0 aliphatic carbocycles. The number of nitrogens with one attached hydrogen (secondary N) is 3. The zero-order chi connectivity index (χ0) is 21.1. The van der Waals surface area contributed by atoms with Crippen molar-refractivity contribution in [2.24, 2.45) is 0 Å². The number of halogens is 1. The van der Waals surface area contributed by atoms with E-state index in [4.69, 9.17) is 23.8 Å². The van der Waals surface area contributed by atoms with Crippen molar-refractivity contribution < 1.29 is 9.72 Å². The molecule has 9 nitrogen and oxygen atoms in total. The maximum absolute atomic E-state index is 12.4. The zero-order valence-electron chi connectivity index (χ0n) is 15.5. The van der Waals surface area contributed by atoms with Crippen LogP contribution in [0.3, 0.4) is 0 Å². The molecule has 150 valence electrons. The number of hydrogen-bond acceptors (Lipinski definition) is 5. The molecule has 3 N–H and O–H groups in total. The summed E-state index contributed by atoms with van der Waals surface area (Å²) < 4.78 is 2.05. The summed E-state index contributed by atoms with van der Waals surface area (Å²) in [7, 11) is 0. The summed E-state index contributed by atoms with van der Waals surface area (Å²) in [4.78, 5) is 27.2. The fourth-order valence-corrected chi connectivity index (χ4v) is 3.18. The van der Waals surface area contributed by atoms with Crippen molar-refractivity contribution in [2.45, 2.75) is 20.4 Å². The summed E-state index contributed by atoms with van der Waals surface area (Å²) in [5, 5.41) is 13.9. The second-order valence-corrected chi connectivity index (χ2v) is 6.88.